The Labute approximate surface area is 129 Å². The van der Waals surface area contributed by atoms with Gasteiger partial charge in [-0.2, -0.15) is 4.39 Å². The number of nitrogens with one attached hydrogen (secondary N) is 1. The molecule has 108 valence electrons. The number of ether oxygens (including phenoxy) is 1. The van der Waals surface area contributed by atoms with Gasteiger partial charge < -0.3 is 9.72 Å². The smallest absolute Gasteiger partial charge is 0.268 e. The van der Waals surface area contributed by atoms with E-state index in [0.29, 0.717) is 14.7 Å². The van der Waals surface area contributed by atoms with Crippen LogP contribution in [0.3, 0.4) is 0 Å². The molecule has 4 nitrogen and oxygen atoms in total. The molecule has 0 amide bonds. The zero-order valence-electron chi connectivity index (χ0n) is 10.3. The van der Waals surface area contributed by atoms with Gasteiger partial charge in [-0.15, -0.1) is 11.3 Å². The average Bonchev–Trinajstić information content (AvgIpc) is 2.90. The van der Waals surface area contributed by atoms with Crippen molar-refractivity contribution in [3.05, 3.63) is 55.9 Å². The van der Waals surface area contributed by atoms with Gasteiger partial charge in [0.15, 0.2) is 11.6 Å². The van der Waals surface area contributed by atoms with Crippen LogP contribution in [0, 0.1) is 11.6 Å². The van der Waals surface area contributed by atoms with Gasteiger partial charge in [-0.25, -0.2) is 9.37 Å². The van der Waals surface area contributed by atoms with Crippen LogP contribution >= 0.6 is 27.3 Å². The number of hydrogen-bond donors (Lipinski definition) is 1. The van der Waals surface area contributed by atoms with E-state index in [-0.39, 0.29) is 23.7 Å². The zero-order valence-corrected chi connectivity index (χ0v) is 12.7. The predicted molar refractivity (Wildman–Crippen MR) is 78.6 cm³/mol. The summed E-state index contributed by atoms with van der Waals surface area (Å²) in [5, 5.41) is 1.75. The van der Waals surface area contributed by atoms with Crippen LogP contribution in [0.1, 0.15) is 5.82 Å². The monoisotopic (exact) mass is 372 g/mol. The lowest BCUT2D eigenvalue weighted by Crippen LogP contribution is -2.12. The normalized spacial score (nSPS) is 11.0. The van der Waals surface area contributed by atoms with Gasteiger partial charge in [-0.3, -0.25) is 4.79 Å². The summed E-state index contributed by atoms with van der Waals surface area (Å²) in [7, 11) is 0. The molecule has 2 heterocycles. The van der Waals surface area contributed by atoms with E-state index in [9.17, 15) is 13.6 Å². The highest BCUT2D eigenvalue weighted by atomic mass is 79.9. The van der Waals surface area contributed by atoms with Crippen LogP contribution in [0.15, 0.2) is 32.8 Å². The van der Waals surface area contributed by atoms with Gasteiger partial charge >= 0.3 is 0 Å². The summed E-state index contributed by atoms with van der Waals surface area (Å²) in [6, 6.07) is 4.01. The minimum Gasteiger partial charge on any atom is -0.482 e. The Morgan fingerprint density at radius 2 is 2.19 bits per heavy atom. The van der Waals surface area contributed by atoms with E-state index in [2.05, 4.69) is 25.9 Å². The highest BCUT2D eigenvalue weighted by Gasteiger charge is 2.12. The molecule has 2 aromatic heterocycles. The summed E-state index contributed by atoms with van der Waals surface area (Å²) in [6.45, 7) is -0.173. The fourth-order valence-electron chi connectivity index (χ4n) is 1.77. The molecule has 1 N–H and O–H groups in total. The number of hydrogen-bond acceptors (Lipinski definition) is 4. The zero-order chi connectivity index (χ0) is 15.0. The van der Waals surface area contributed by atoms with Gasteiger partial charge in [0.05, 0.1) is 5.52 Å². The Morgan fingerprint density at radius 1 is 1.38 bits per heavy atom. The van der Waals surface area contributed by atoms with Crippen LogP contribution in [0.25, 0.3) is 10.2 Å². The topological polar surface area (TPSA) is 55.0 Å². The first-order chi connectivity index (χ1) is 10.0. The summed E-state index contributed by atoms with van der Waals surface area (Å²) in [4.78, 5) is 18.5. The molecule has 0 saturated heterocycles. The number of thiophene rings is 1. The Hall–Kier alpha value is -1.80. The van der Waals surface area contributed by atoms with Crippen LogP contribution < -0.4 is 10.3 Å². The minimum absolute atomic E-state index is 0.173. The first kappa shape index (κ1) is 14.2. The molecule has 1 aromatic carbocycles. The number of benzene rings is 1. The molecule has 0 aliphatic heterocycles. The number of aromatic nitrogens is 2. The fraction of sp³-hybridized carbons (Fsp3) is 0.0769. The molecule has 8 heteroatoms. The number of nitrogens with zero attached hydrogens (tertiary/aromatic N) is 1. The van der Waals surface area contributed by atoms with Gasteiger partial charge in [0.1, 0.15) is 17.1 Å². The fourth-order valence-corrected chi connectivity index (χ4v) is 2.91. The lowest BCUT2D eigenvalue weighted by molar-refractivity contribution is 0.276. The summed E-state index contributed by atoms with van der Waals surface area (Å²) in [5.41, 5.74) is 0.262. The van der Waals surface area contributed by atoms with Crippen molar-refractivity contribution in [2.75, 3.05) is 0 Å². The van der Waals surface area contributed by atoms with Gasteiger partial charge in [-0.05, 0) is 23.6 Å². The molecule has 3 aromatic rings. The van der Waals surface area contributed by atoms with E-state index < -0.39 is 11.6 Å². The molecule has 0 aliphatic carbocycles. The lowest BCUT2D eigenvalue weighted by Gasteiger charge is -2.08. The van der Waals surface area contributed by atoms with Crippen LogP contribution in [0.4, 0.5) is 8.78 Å². The Kier molecular flexibility index (Phi) is 3.73. The molecule has 0 spiro atoms. The van der Waals surface area contributed by atoms with Gasteiger partial charge in [0.25, 0.3) is 5.56 Å². The molecule has 0 fully saturated rings. The molecule has 0 bridgehead atoms. The highest BCUT2D eigenvalue weighted by molar-refractivity contribution is 9.10. The second-order valence-electron chi connectivity index (χ2n) is 4.14. The largest absolute Gasteiger partial charge is 0.482 e. The molecule has 0 aliphatic rings. The van der Waals surface area contributed by atoms with Crippen LogP contribution in [0.5, 0.6) is 5.75 Å². The summed E-state index contributed by atoms with van der Waals surface area (Å²) in [5.74, 6) is -2.12. The third-order valence-corrected chi connectivity index (χ3v) is 4.05. The second-order valence-corrected chi connectivity index (χ2v) is 5.97. The van der Waals surface area contributed by atoms with Crippen LogP contribution in [0.2, 0.25) is 0 Å². The number of halogens is 3. The molecule has 0 radical (unpaired) electrons. The van der Waals surface area contributed by atoms with Gasteiger partial charge in [0.2, 0.25) is 5.82 Å². The molecule has 3 rings (SSSR count). The quantitative estimate of drug-likeness (QED) is 0.714. The van der Waals surface area contributed by atoms with Crippen LogP contribution in [-0.4, -0.2) is 9.97 Å². The number of fused-ring (bicyclic) bond motifs is 1. The number of H-pyrrole nitrogens is 1. The second kappa shape index (κ2) is 5.53. The van der Waals surface area contributed by atoms with E-state index in [0.717, 1.165) is 6.07 Å². The Balaban J connectivity index is 1.88. The molecule has 21 heavy (non-hydrogen) atoms. The maximum Gasteiger partial charge on any atom is 0.268 e. The third kappa shape index (κ3) is 2.81. The highest BCUT2D eigenvalue weighted by Crippen LogP contribution is 2.26. The maximum absolute atomic E-state index is 13.6. The molecular formula is C13H7BrF2N2O2S. The van der Waals surface area contributed by atoms with E-state index in [1.807, 2.05) is 0 Å². The van der Waals surface area contributed by atoms with Crippen molar-refractivity contribution in [2.24, 2.45) is 0 Å². The van der Waals surface area contributed by atoms with Gasteiger partial charge in [-0.1, -0.05) is 15.9 Å². The Morgan fingerprint density at radius 3 is 3.00 bits per heavy atom. The van der Waals surface area contributed by atoms with Gasteiger partial charge in [0, 0.05) is 4.47 Å². The molecule has 0 saturated carbocycles. The first-order valence-corrected chi connectivity index (χ1v) is 7.45. The van der Waals surface area contributed by atoms with E-state index in [4.69, 9.17) is 4.74 Å². The first-order valence-electron chi connectivity index (χ1n) is 5.78. The third-order valence-electron chi connectivity index (χ3n) is 2.69. The standard InChI is InChI=1S/C13H7BrF2N2O2S/c14-6-3-7(15)11(16)9(4-6)20-5-10-17-8-1-2-21-12(8)13(19)18-10/h1-4H,5H2,(H,17,18,19). The number of aromatic amines is 1. The summed E-state index contributed by atoms with van der Waals surface area (Å²) >= 11 is 4.33. The minimum atomic E-state index is -1.09. The van der Waals surface area contributed by atoms with Crippen molar-refractivity contribution < 1.29 is 13.5 Å². The maximum atomic E-state index is 13.6. The SMILES string of the molecule is O=c1[nH]c(COc2cc(Br)cc(F)c2F)nc2ccsc12. The predicted octanol–water partition coefficient (Wildman–Crippen LogP) is 3.60. The number of rotatable bonds is 3. The van der Waals surface area contributed by atoms with Crippen molar-refractivity contribution in [3.8, 4) is 5.75 Å². The lowest BCUT2D eigenvalue weighted by atomic mass is 10.3. The van der Waals surface area contributed by atoms with Crippen molar-refractivity contribution in [2.45, 2.75) is 6.61 Å². The van der Waals surface area contributed by atoms with Crippen molar-refractivity contribution >= 4 is 37.5 Å². The van der Waals surface area contributed by atoms with Crippen molar-refractivity contribution in [3.63, 3.8) is 0 Å². The van der Waals surface area contributed by atoms with E-state index in [1.54, 1.807) is 11.4 Å². The van der Waals surface area contributed by atoms with Crippen molar-refractivity contribution in [1.29, 1.82) is 0 Å². The summed E-state index contributed by atoms with van der Waals surface area (Å²) in [6.07, 6.45) is 0. The Bertz CT molecular complexity index is 878. The van der Waals surface area contributed by atoms with Crippen molar-refractivity contribution in [1.82, 2.24) is 9.97 Å². The van der Waals surface area contributed by atoms with Crippen LogP contribution in [-0.2, 0) is 6.61 Å². The molecular weight excluding hydrogens is 366 g/mol. The van der Waals surface area contributed by atoms with E-state index >= 15 is 0 Å². The average molecular weight is 373 g/mol. The van der Waals surface area contributed by atoms with E-state index in [1.165, 1.54) is 17.4 Å². The molecule has 0 unspecified atom stereocenters. The molecule has 0 atom stereocenters. The summed E-state index contributed by atoms with van der Waals surface area (Å²) < 4.78 is 32.9.